The molecule has 1 rings (SSSR count). The fraction of sp³-hybridized carbons (Fsp3) is 0.474. The minimum absolute atomic E-state index is 0.161. The second-order valence-corrected chi connectivity index (χ2v) is 7.40. The molecule has 0 aliphatic rings. The van der Waals surface area contributed by atoms with Gasteiger partial charge in [0.25, 0.3) is 5.91 Å². The van der Waals surface area contributed by atoms with Crippen LogP contribution in [0.15, 0.2) is 34.8 Å². The Morgan fingerprint density at radius 2 is 1.92 bits per heavy atom. The number of hydrogen-bond acceptors (Lipinski definition) is 5. The summed E-state index contributed by atoms with van der Waals surface area (Å²) in [5, 5.41) is 1.34. The van der Waals surface area contributed by atoms with E-state index in [4.69, 9.17) is 9.57 Å². The summed E-state index contributed by atoms with van der Waals surface area (Å²) >= 11 is 3.46. The summed E-state index contributed by atoms with van der Waals surface area (Å²) < 4.78 is 10.6. The van der Waals surface area contributed by atoms with E-state index in [1.165, 1.54) is 18.2 Å². The van der Waals surface area contributed by atoms with Crippen molar-refractivity contribution in [1.29, 1.82) is 0 Å². The third-order valence-electron chi connectivity index (χ3n) is 3.21. The summed E-state index contributed by atoms with van der Waals surface area (Å²) in [6.07, 6.45) is 3.61. The number of benzene rings is 1. The first-order valence-electron chi connectivity index (χ1n) is 8.22. The molecule has 7 heteroatoms. The number of hydroxylamine groups is 2. The van der Waals surface area contributed by atoms with E-state index in [9.17, 15) is 9.59 Å². The summed E-state index contributed by atoms with van der Waals surface area (Å²) in [5.41, 5.74) is 0.287. The average Bonchev–Trinajstić information content (AvgIpc) is 2.58. The fourth-order valence-corrected chi connectivity index (χ4v) is 2.44. The second kappa shape index (κ2) is 10.3. The molecule has 0 bridgehead atoms. The Balaban J connectivity index is 2.84. The lowest BCUT2D eigenvalue weighted by atomic mass is 10.1. The molecule has 1 aromatic carbocycles. The number of carbonyl (C=O) groups is 2. The first-order valence-corrected chi connectivity index (χ1v) is 9.02. The van der Waals surface area contributed by atoms with Gasteiger partial charge < -0.3 is 9.47 Å². The number of halogens is 1. The molecule has 0 aromatic heterocycles. The van der Waals surface area contributed by atoms with Crippen LogP contribution in [0.4, 0.5) is 0 Å². The minimum Gasteiger partial charge on any atom is -0.497 e. The summed E-state index contributed by atoms with van der Waals surface area (Å²) in [5.74, 6) is 0.0700. The Kier molecular flexibility index (Phi) is 8.81. The van der Waals surface area contributed by atoms with Crippen molar-refractivity contribution in [2.24, 2.45) is 0 Å². The fourth-order valence-electron chi connectivity index (χ4n) is 2.06. The van der Waals surface area contributed by atoms with E-state index in [1.54, 1.807) is 13.2 Å². The van der Waals surface area contributed by atoms with E-state index in [2.05, 4.69) is 20.7 Å². The molecule has 0 heterocycles. The Labute approximate surface area is 163 Å². The number of carbonyl (C=O) groups excluding carboxylic acids is 2. The first-order chi connectivity index (χ1) is 12.2. The number of methoxy groups -OCH3 is 2. The van der Waals surface area contributed by atoms with Crippen LogP contribution in [0.1, 0.15) is 32.8 Å². The normalized spacial score (nSPS) is 11.5. The maximum Gasteiger partial charge on any atom is 0.330 e. The van der Waals surface area contributed by atoms with E-state index < -0.39 is 11.6 Å². The van der Waals surface area contributed by atoms with Crippen molar-refractivity contribution < 1.29 is 23.9 Å². The Bertz CT molecular complexity index is 652. The van der Waals surface area contributed by atoms with Crippen molar-refractivity contribution in [1.82, 2.24) is 5.06 Å². The number of hydrogen-bond donors (Lipinski definition) is 0. The molecule has 0 spiro atoms. The van der Waals surface area contributed by atoms with Gasteiger partial charge in [-0.1, -0.05) is 22.0 Å². The van der Waals surface area contributed by atoms with Crippen LogP contribution in [0.25, 0.3) is 0 Å². The minimum atomic E-state index is -0.521. The zero-order valence-corrected chi connectivity index (χ0v) is 17.5. The summed E-state index contributed by atoms with van der Waals surface area (Å²) in [6, 6.07) is 5.48. The van der Waals surface area contributed by atoms with Crippen molar-refractivity contribution in [2.45, 2.75) is 39.2 Å². The molecule has 0 atom stereocenters. The maximum absolute atomic E-state index is 12.7. The van der Waals surface area contributed by atoms with Crippen LogP contribution in [-0.2, 0) is 25.6 Å². The molecule has 0 saturated heterocycles. The number of rotatable bonds is 8. The molecule has 0 unspecified atom stereocenters. The zero-order valence-electron chi connectivity index (χ0n) is 15.9. The van der Waals surface area contributed by atoms with Crippen molar-refractivity contribution in [3.63, 3.8) is 0 Å². The van der Waals surface area contributed by atoms with Crippen molar-refractivity contribution in [2.75, 3.05) is 20.8 Å². The van der Waals surface area contributed by atoms with Gasteiger partial charge in [0, 0.05) is 10.5 Å². The monoisotopic (exact) mass is 427 g/mol. The predicted octanol–water partition coefficient (Wildman–Crippen LogP) is 3.68. The van der Waals surface area contributed by atoms with Crippen molar-refractivity contribution in [3.8, 4) is 5.75 Å². The Morgan fingerprint density at radius 1 is 1.23 bits per heavy atom. The molecule has 26 heavy (non-hydrogen) atoms. The lowest BCUT2D eigenvalue weighted by molar-refractivity contribution is -0.226. The van der Waals surface area contributed by atoms with Gasteiger partial charge in [-0.05, 0) is 51.0 Å². The molecule has 0 fully saturated rings. The Morgan fingerprint density at radius 3 is 2.50 bits per heavy atom. The van der Waals surface area contributed by atoms with Gasteiger partial charge in [-0.25, -0.2) is 9.86 Å². The molecule has 144 valence electrons. The standard InChI is InChI=1S/C19H26BrNO5/c1-19(2,3)26-21(11-7-6-8-18(23)25-5)17(22)13-14-12-15(24-4)9-10-16(14)20/h6,8-10,12H,7,11,13H2,1-5H3/b8-6+. The molecule has 6 nitrogen and oxygen atoms in total. The predicted molar refractivity (Wildman–Crippen MR) is 103 cm³/mol. The maximum atomic E-state index is 12.7. The van der Waals surface area contributed by atoms with Crippen molar-refractivity contribution in [3.05, 3.63) is 40.4 Å². The number of esters is 1. The van der Waals surface area contributed by atoms with Gasteiger partial charge in [0.05, 0.1) is 32.8 Å². The molecule has 0 aliphatic carbocycles. The highest BCUT2D eigenvalue weighted by Crippen LogP contribution is 2.24. The van der Waals surface area contributed by atoms with E-state index in [0.717, 1.165) is 10.0 Å². The molecular weight excluding hydrogens is 402 g/mol. The number of ether oxygens (including phenoxy) is 2. The van der Waals surface area contributed by atoms with Crippen LogP contribution in [0.5, 0.6) is 5.75 Å². The topological polar surface area (TPSA) is 65.1 Å². The van der Waals surface area contributed by atoms with E-state index in [1.807, 2.05) is 39.0 Å². The van der Waals surface area contributed by atoms with Crippen molar-refractivity contribution >= 4 is 27.8 Å². The SMILES string of the molecule is COC(=O)/C=C/CCN(OC(C)(C)C)C(=O)Cc1cc(OC)ccc1Br. The molecule has 0 aliphatic heterocycles. The highest BCUT2D eigenvalue weighted by Gasteiger charge is 2.22. The Hall–Kier alpha value is -1.86. The summed E-state index contributed by atoms with van der Waals surface area (Å²) in [6.45, 7) is 5.95. The molecular formula is C19H26BrNO5. The smallest absolute Gasteiger partial charge is 0.330 e. The third kappa shape index (κ3) is 8.01. The average molecular weight is 428 g/mol. The highest BCUT2D eigenvalue weighted by atomic mass is 79.9. The van der Waals surface area contributed by atoms with Gasteiger partial charge in [0.15, 0.2) is 0 Å². The van der Waals surface area contributed by atoms with Crippen LogP contribution in [0.2, 0.25) is 0 Å². The molecule has 0 saturated carbocycles. The molecule has 0 radical (unpaired) electrons. The van der Waals surface area contributed by atoms with Gasteiger partial charge in [0.2, 0.25) is 0 Å². The van der Waals surface area contributed by atoms with Crippen LogP contribution >= 0.6 is 15.9 Å². The van der Waals surface area contributed by atoms with Crippen LogP contribution in [0.3, 0.4) is 0 Å². The lowest BCUT2D eigenvalue weighted by Crippen LogP contribution is -2.39. The van der Waals surface area contributed by atoms with Crippen LogP contribution in [-0.4, -0.2) is 43.3 Å². The summed E-state index contributed by atoms with van der Waals surface area (Å²) in [7, 11) is 2.90. The van der Waals surface area contributed by atoms with Crippen LogP contribution < -0.4 is 4.74 Å². The molecule has 1 aromatic rings. The summed E-state index contributed by atoms with van der Waals surface area (Å²) in [4.78, 5) is 29.7. The van der Waals surface area contributed by atoms with Gasteiger partial charge in [-0.2, -0.15) is 0 Å². The number of amides is 1. The second-order valence-electron chi connectivity index (χ2n) is 6.55. The van der Waals surface area contributed by atoms with E-state index in [0.29, 0.717) is 18.7 Å². The van der Waals surface area contributed by atoms with Gasteiger partial charge in [-0.15, -0.1) is 0 Å². The van der Waals surface area contributed by atoms with E-state index >= 15 is 0 Å². The van der Waals surface area contributed by atoms with Gasteiger partial charge in [0.1, 0.15) is 5.75 Å². The third-order valence-corrected chi connectivity index (χ3v) is 3.98. The quantitative estimate of drug-likeness (QED) is 0.359. The number of nitrogens with zero attached hydrogens (tertiary/aromatic N) is 1. The van der Waals surface area contributed by atoms with Crippen LogP contribution in [0, 0.1) is 0 Å². The zero-order chi connectivity index (χ0) is 19.7. The lowest BCUT2D eigenvalue weighted by Gasteiger charge is -2.29. The largest absolute Gasteiger partial charge is 0.497 e. The van der Waals surface area contributed by atoms with Gasteiger partial charge in [-0.3, -0.25) is 9.63 Å². The van der Waals surface area contributed by atoms with Gasteiger partial charge >= 0.3 is 5.97 Å². The molecule has 1 amide bonds. The van der Waals surface area contributed by atoms with E-state index in [-0.39, 0.29) is 12.3 Å². The molecule has 0 N–H and O–H groups in total. The highest BCUT2D eigenvalue weighted by molar-refractivity contribution is 9.10. The first kappa shape index (κ1) is 22.2.